The van der Waals surface area contributed by atoms with Crippen molar-refractivity contribution in [2.45, 2.75) is 19.8 Å². The number of hydrogen-bond donors (Lipinski definition) is 1. The van der Waals surface area contributed by atoms with Crippen LogP contribution < -0.4 is 10.1 Å². The Morgan fingerprint density at radius 3 is 2.46 bits per heavy atom. The summed E-state index contributed by atoms with van der Waals surface area (Å²) in [7, 11) is 2.87. The van der Waals surface area contributed by atoms with E-state index in [4.69, 9.17) is 9.47 Å². The fourth-order valence-electron chi connectivity index (χ4n) is 2.83. The summed E-state index contributed by atoms with van der Waals surface area (Å²) in [5.74, 6) is -0.801. The number of nitrogens with one attached hydrogen (secondary N) is 1. The minimum Gasteiger partial charge on any atom is -0.497 e. The molecule has 0 saturated heterocycles. The summed E-state index contributed by atoms with van der Waals surface area (Å²) in [6, 6.07) is 9.34. The van der Waals surface area contributed by atoms with Crippen LogP contribution in [0.3, 0.4) is 0 Å². The third kappa shape index (κ3) is 4.67. The number of allylic oxidation sites excluding steroid dienone is 2. The number of rotatable bonds is 7. The van der Waals surface area contributed by atoms with Crippen molar-refractivity contribution < 1.29 is 23.8 Å². The summed E-state index contributed by atoms with van der Waals surface area (Å²) in [4.78, 5) is 24.2. The molecule has 8 heteroatoms. The Morgan fingerprint density at radius 1 is 1.25 bits per heavy atom. The van der Waals surface area contributed by atoms with Gasteiger partial charge < -0.3 is 19.5 Å². The number of hydrogen-bond acceptors (Lipinski definition) is 8. The summed E-state index contributed by atoms with van der Waals surface area (Å²) in [5, 5.41) is 13.4. The molecule has 0 fully saturated rings. The predicted molar refractivity (Wildman–Crippen MR) is 105 cm³/mol. The molecule has 1 aliphatic heterocycles. The lowest BCUT2D eigenvalue weighted by molar-refractivity contribution is -0.139. The normalized spacial score (nSPS) is 16.2. The van der Waals surface area contributed by atoms with Crippen molar-refractivity contribution in [1.82, 2.24) is 5.32 Å². The maximum absolute atomic E-state index is 12.6. The lowest BCUT2D eigenvalue weighted by Crippen LogP contribution is -2.29. The van der Waals surface area contributed by atoms with Crippen molar-refractivity contribution in [3.63, 3.8) is 0 Å². The first-order valence-electron chi connectivity index (χ1n) is 8.59. The largest absolute Gasteiger partial charge is 0.497 e. The fourth-order valence-corrected chi connectivity index (χ4v) is 3.75. The van der Waals surface area contributed by atoms with E-state index in [9.17, 15) is 14.9 Å². The third-order valence-corrected chi connectivity index (χ3v) is 5.14. The van der Waals surface area contributed by atoms with Gasteiger partial charge in [-0.05, 0) is 31.5 Å². The minimum atomic E-state index is -0.614. The van der Waals surface area contributed by atoms with Crippen LogP contribution in [0.1, 0.15) is 25.3 Å². The summed E-state index contributed by atoms with van der Waals surface area (Å²) in [5.41, 5.74) is 2.03. The van der Waals surface area contributed by atoms with E-state index in [-0.39, 0.29) is 12.4 Å². The number of benzene rings is 1. The molecule has 1 aromatic rings. The molecule has 1 N–H and O–H groups in total. The second-order valence-corrected chi connectivity index (χ2v) is 6.80. The van der Waals surface area contributed by atoms with Crippen LogP contribution in [0.5, 0.6) is 5.75 Å². The second-order valence-electron chi connectivity index (χ2n) is 5.81. The van der Waals surface area contributed by atoms with E-state index in [1.807, 2.05) is 0 Å². The number of methoxy groups -OCH3 is 2. The van der Waals surface area contributed by atoms with Gasteiger partial charge in [-0.1, -0.05) is 23.9 Å². The SMILES string of the molecule is CCOC(=O)C1=C(C)NC(SCC(=O)OC)=C(C#N)C1c1ccc(OC)cc1. The number of thioether (sulfide) groups is 1. The number of ether oxygens (including phenoxy) is 3. The van der Waals surface area contributed by atoms with Gasteiger partial charge in [0, 0.05) is 5.70 Å². The van der Waals surface area contributed by atoms with Gasteiger partial charge in [-0.25, -0.2) is 4.79 Å². The Bertz CT molecular complexity index is 852. The van der Waals surface area contributed by atoms with Gasteiger partial charge in [0.1, 0.15) is 5.75 Å². The van der Waals surface area contributed by atoms with Gasteiger partial charge >= 0.3 is 11.9 Å². The van der Waals surface area contributed by atoms with Gasteiger partial charge in [0.2, 0.25) is 0 Å². The van der Waals surface area contributed by atoms with Crippen LogP contribution in [-0.4, -0.2) is 38.5 Å². The van der Waals surface area contributed by atoms with Gasteiger partial charge in [0.15, 0.2) is 0 Å². The number of carbonyl (C=O) groups excluding carboxylic acids is 2. The zero-order chi connectivity index (χ0) is 20.7. The lowest BCUT2D eigenvalue weighted by Gasteiger charge is -2.29. The zero-order valence-corrected chi connectivity index (χ0v) is 17.0. The molecule has 1 unspecified atom stereocenters. The fraction of sp³-hybridized carbons (Fsp3) is 0.350. The monoisotopic (exact) mass is 402 g/mol. The van der Waals surface area contributed by atoms with E-state index in [1.54, 1.807) is 45.2 Å². The van der Waals surface area contributed by atoms with Gasteiger partial charge in [-0.3, -0.25) is 4.79 Å². The molecular formula is C20H22N2O5S. The average molecular weight is 402 g/mol. The molecule has 0 aliphatic carbocycles. The summed E-state index contributed by atoms with van der Waals surface area (Å²) in [6.45, 7) is 3.70. The molecule has 1 aromatic carbocycles. The van der Waals surface area contributed by atoms with Crippen molar-refractivity contribution in [3.8, 4) is 11.8 Å². The maximum Gasteiger partial charge on any atom is 0.336 e. The molecular weight excluding hydrogens is 380 g/mol. The lowest BCUT2D eigenvalue weighted by atomic mass is 9.82. The minimum absolute atomic E-state index is 0.0430. The summed E-state index contributed by atoms with van der Waals surface area (Å²) in [6.07, 6.45) is 0. The number of esters is 2. The highest BCUT2D eigenvalue weighted by atomic mass is 32.2. The number of nitriles is 1. The van der Waals surface area contributed by atoms with E-state index < -0.39 is 17.9 Å². The molecule has 0 bridgehead atoms. The van der Waals surface area contributed by atoms with Gasteiger partial charge in [0.05, 0.1) is 54.7 Å². The number of nitrogens with zero attached hydrogens (tertiary/aromatic N) is 1. The zero-order valence-electron chi connectivity index (χ0n) is 16.2. The molecule has 7 nitrogen and oxygen atoms in total. The molecule has 0 aromatic heterocycles. The molecule has 28 heavy (non-hydrogen) atoms. The number of carbonyl (C=O) groups is 2. The van der Waals surface area contributed by atoms with Crippen LogP contribution in [-0.2, 0) is 19.1 Å². The molecule has 1 heterocycles. The van der Waals surface area contributed by atoms with E-state index >= 15 is 0 Å². The summed E-state index contributed by atoms with van der Waals surface area (Å²) < 4.78 is 15.1. The third-order valence-electron chi connectivity index (χ3n) is 4.15. The van der Waals surface area contributed by atoms with Crippen molar-refractivity contribution >= 4 is 23.7 Å². The topological polar surface area (TPSA) is 97.6 Å². The quantitative estimate of drug-likeness (QED) is 0.696. The second kappa shape index (κ2) is 9.85. The number of dihydropyridines is 1. The van der Waals surface area contributed by atoms with Gasteiger partial charge in [-0.15, -0.1) is 0 Å². The van der Waals surface area contributed by atoms with E-state index in [0.29, 0.717) is 27.6 Å². The highest BCUT2D eigenvalue weighted by molar-refractivity contribution is 8.03. The van der Waals surface area contributed by atoms with Crippen LogP contribution in [0.25, 0.3) is 0 Å². The predicted octanol–water partition coefficient (Wildman–Crippen LogP) is 2.86. The molecule has 0 spiro atoms. The van der Waals surface area contributed by atoms with Crippen molar-refractivity contribution in [2.75, 3.05) is 26.6 Å². The van der Waals surface area contributed by atoms with E-state index in [2.05, 4.69) is 16.1 Å². The molecule has 0 amide bonds. The molecule has 1 aliphatic rings. The standard InChI is InChI=1S/C20H22N2O5S/c1-5-27-20(24)17-12(2)22-19(28-11-16(23)26-4)15(10-21)18(17)13-6-8-14(25-3)9-7-13/h6-9,18,22H,5,11H2,1-4H3. The van der Waals surface area contributed by atoms with Crippen LogP contribution in [0.2, 0.25) is 0 Å². The Balaban J connectivity index is 2.54. The van der Waals surface area contributed by atoms with Crippen LogP contribution in [0, 0.1) is 11.3 Å². The highest BCUT2D eigenvalue weighted by Crippen LogP contribution is 2.41. The van der Waals surface area contributed by atoms with Crippen molar-refractivity contribution in [3.05, 3.63) is 51.7 Å². The highest BCUT2D eigenvalue weighted by Gasteiger charge is 2.35. The Kier molecular flexibility index (Phi) is 7.52. The van der Waals surface area contributed by atoms with Crippen LogP contribution in [0.4, 0.5) is 0 Å². The van der Waals surface area contributed by atoms with Crippen LogP contribution in [0.15, 0.2) is 46.1 Å². The van der Waals surface area contributed by atoms with E-state index in [1.165, 1.54) is 7.11 Å². The Morgan fingerprint density at radius 2 is 1.93 bits per heavy atom. The molecule has 0 saturated carbocycles. The molecule has 148 valence electrons. The molecule has 2 rings (SSSR count). The van der Waals surface area contributed by atoms with Gasteiger partial charge in [0.25, 0.3) is 0 Å². The van der Waals surface area contributed by atoms with E-state index in [0.717, 1.165) is 17.3 Å². The van der Waals surface area contributed by atoms with Crippen molar-refractivity contribution in [1.29, 1.82) is 5.26 Å². The maximum atomic E-state index is 12.6. The molecule has 0 radical (unpaired) electrons. The van der Waals surface area contributed by atoms with Crippen LogP contribution >= 0.6 is 11.8 Å². The first-order chi connectivity index (χ1) is 13.5. The summed E-state index contributed by atoms with van der Waals surface area (Å²) >= 11 is 1.16. The first kappa shape index (κ1) is 21.4. The Hall–Kier alpha value is -2.92. The Labute approximate surface area is 168 Å². The van der Waals surface area contributed by atoms with Crippen molar-refractivity contribution in [2.24, 2.45) is 0 Å². The molecule has 1 atom stereocenters. The smallest absolute Gasteiger partial charge is 0.336 e. The van der Waals surface area contributed by atoms with Gasteiger partial charge in [-0.2, -0.15) is 5.26 Å². The average Bonchev–Trinajstić information content (AvgIpc) is 2.71. The first-order valence-corrected chi connectivity index (χ1v) is 9.58.